The predicted octanol–water partition coefficient (Wildman–Crippen LogP) is -1.23. The van der Waals surface area contributed by atoms with Crippen molar-refractivity contribution in [2.75, 3.05) is 13.1 Å². The number of carbonyl (C=O) groups excluding carboxylic acids is 1. The fourth-order valence-electron chi connectivity index (χ4n) is 0.808. The number of hydrogen-bond acceptors (Lipinski definition) is 3. The molecule has 1 amide bonds. The summed E-state index contributed by atoms with van der Waals surface area (Å²) >= 11 is 0. The van der Waals surface area contributed by atoms with Gasteiger partial charge in [0.25, 0.3) is 0 Å². The molecule has 0 spiro atoms. The quantitative estimate of drug-likeness (QED) is 0.422. The third-order valence-corrected chi connectivity index (χ3v) is 1.29. The van der Waals surface area contributed by atoms with Crippen LogP contribution in [-0.4, -0.2) is 25.3 Å². The lowest BCUT2D eigenvalue weighted by Gasteiger charge is -2.10. The third kappa shape index (κ3) is 1.82. The predicted molar refractivity (Wildman–Crippen MR) is 38.1 cm³/mol. The van der Waals surface area contributed by atoms with Crippen LogP contribution in [0, 0.1) is 0 Å². The fourth-order valence-corrected chi connectivity index (χ4v) is 0.808. The molecule has 4 nitrogen and oxygen atoms in total. The molecule has 1 rings (SSSR count). The second-order valence-corrected chi connectivity index (χ2v) is 2.05. The van der Waals surface area contributed by atoms with Crippen molar-refractivity contribution in [2.24, 2.45) is 0 Å². The monoisotopic (exact) mass is 141 g/mol. The summed E-state index contributed by atoms with van der Waals surface area (Å²) in [6.07, 6.45) is 1.17. The highest BCUT2D eigenvalue weighted by Gasteiger charge is 2.12. The molecule has 0 aromatic carbocycles. The van der Waals surface area contributed by atoms with Crippen molar-refractivity contribution in [2.45, 2.75) is 6.29 Å². The smallest absolute Gasteiger partial charge is 0.245 e. The first-order valence-electron chi connectivity index (χ1n) is 3.22. The summed E-state index contributed by atoms with van der Waals surface area (Å²) in [5, 5.41) is 8.71. The van der Waals surface area contributed by atoms with Crippen LogP contribution in [0.15, 0.2) is 12.7 Å². The van der Waals surface area contributed by atoms with Crippen LogP contribution in [-0.2, 0) is 4.79 Å². The Morgan fingerprint density at radius 2 is 2.20 bits per heavy atom. The molecule has 1 fully saturated rings. The third-order valence-electron chi connectivity index (χ3n) is 1.29. The van der Waals surface area contributed by atoms with Crippen molar-refractivity contribution < 1.29 is 4.79 Å². The van der Waals surface area contributed by atoms with Crippen LogP contribution in [0.2, 0.25) is 0 Å². The maximum absolute atomic E-state index is 10.7. The van der Waals surface area contributed by atoms with Crippen molar-refractivity contribution in [1.82, 2.24) is 16.0 Å². The Kier molecular flexibility index (Phi) is 2.42. The van der Waals surface area contributed by atoms with Gasteiger partial charge < -0.3 is 5.32 Å². The average molecular weight is 141 g/mol. The van der Waals surface area contributed by atoms with Crippen LogP contribution in [0.4, 0.5) is 0 Å². The van der Waals surface area contributed by atoms with Gasteiger partial charge in [-0.1, -0.05) is 6.58 Å². The first kappa shape index (κ1) is 7.24. The molecule has 0 aromatic heterocycles. The lowest BCUT2D eigenvalue weighted by atomic mass is 10.6. The second kappa shape index (κ2) is 3.34. The Hall–Kier alpha value is -0.870. The number of hydrogen-bond donors (Lipinski definition) is 3. The van der Waals surface area contributed by atoms with Gasteiger partial charge in [-0.05, 0) is 6.08 Å². The number of amides is 1. The first-order valence-corrected chi connectivity index (χ1v) is 3.22. The highest BCUT2D eigenvalue weighted by Crippen LogP contribution is 1.79. The summed E-state index contributed by atoms with van der Waals surface area (Å²) < 4.78 is 0. The highest BCUT2D eigenvalue weighted by atomic mass is 16.1. The largest absolute Gasteiger partial charge is 0.325 e. The molecule has 1 aliphatic heterocycles. The summed E-state index contributed by atoms with van der Waals surface area (Å²) in [6.45, 7) is 5.12. The van der Waals surface area contributed by atoms with E-state index in [0.29, 0.717) is 0 Å². The van der Waals surface area contributed by atoms with E-state index in [1.165, 1.54) is 6.08 Å². The Bertz CT molecular complexity index is 140. The van der Waals surface area contributed by atoms with Crippen molar-refractivity contribution in [1.29, 1.82) is 0 Å². The van der Waals surface area contributed by atoms with E-state index in [1.807, 2.05) is 0 Å². The average Bonchev–Trinajstić information content (AvgIpc) is 2.40. The summed E-state index contributed by atoms with van der Waals surface area (Å²) in [5.74, 6) is -0.160. The summed E-state index contributed by atoms with van der Waals surface area (Å²) in [5.41, 5.74) is 0. The first-order chi connectivity index (χ1) is 4.83. The van der Waals surface area contributed by atoms with Crippen molar-refractivity contribution in [3.63, 3.8) is 0 Å². The lowest BCUT2D eigenvalue weighted by molar-refractivity contribution is -0.117. The SMILES string of the molecule is C=CC(=O)NC1NCCN1. The Morgan fingerprint density at radius 1 is 1.60 bits per heavy atom. The topological polar surface area (TPSA) is 53.2 Å². The lowest BCUT2D eigenvalue weighted by Crippen LogP contribution is -2.47. The van der Waals surface area contributed by atoms with Crippen molar-refractivity contribution >= 4 is 5.91 Å². The van der Waals surface area contributed by atoms with Gasteiger partial charge >= 0.3 is 0 Å². The standard InChI is InChI=1S/C6H11N3O/c1-2-5(10)9-6-7-3-4-8-6/h2,6-8H,1,3-4H2,(H,9,10). The van der Waals surface area contributed by atoms with E-state index in [4.69, 9.17) is 0 Å². The molecule has 1 heterocycles. The van der Waals surface area contributed by atoms with E-state index in [0.717, 1.165) is 13.1 Å². The Balaban J connectivity index is 2.23. The van der Waals surface area contributed by atoms with E-state index in [2.05, 4.69) is 22.5 Å². The van der Waals surface area contributed by atoms with Gasteiger partial charge in [0.05, 0.1) is 0 Å². The number of carbonyl (C=O) groups is 1. The van der Waals surface area contributed by atoms with Gasteiger partial charge in [0, 0.05) is 13.1 Å². The number of nitrogens with one attached hydrogen (secondary N) is 3. The van der Waals surface area contributed by atoms with Gasteiger partial charge in [0.2, 0.25) is 5.91 Å². The van der Waals surface area contributed by atoms with Crippen LogP contribution in [0.1, 0.15) is 0 Å². The van der Waals surface area contributed by atoms with Crippen LogP contribution >= 0.6 is 0 Å². The van der Waals surface area contributed by atoms with Crippen LogP contribution in [0.5, 0.6) is 0 Å². The van der Waals surface area contributed by atoms with Crippen LogP contribution in [0.25, 0.3) is 0 Å². The van der Waals surface area contributed by atoms with E-state index in [1.54, 1.807) is 0 Å². The Labute approximate surface area is 59.7 Å². The van der Waals surface area contributed by atoms with Gasteiger partial charge in [-0.25, -0.2) is 0 Å². The zero-order valence-electron chi connectivity index (χ0n) is 5.68. The molecule has 0 aliphatic carbocycles. The van der Waals surface area contributed by atoms with Gasteiger partial charge in [-0.15, -0.1) is 0 Å². The molecule has 4 heteroatoms. The van der Waals surface area contributed by atoms with E-state index in [-0.39, 0.29) is 12.2 Å². The maximum atomic E-state index is 10.7. The molecule has 0 bridgehead atoms. The minimum Gasteiger partial charge on any atom is -0.325 e. The van der Waals surface area contributed by atoms with Gasteiger partial charge in [0.15, 0.2) is 0 Å². The minimum absolute atomic E-state index is 0.0782. The molecule has 0 atom stereocenters. The van der Waals surface area contributed by atoms with Crippen molar-refractivity contribution in [3.8, 4) is 0 Å². The molecule has 3 N–H and O–H groups in total. The molecule has 1 saturated heterocycles. The molecule has 10 heavy (non-hydrogen) atoms. The molecule has 0 radical (unpaired) electrons. The van der Waals surface area contributed by atoms with E-state index >= 15 is 0 Å². The van der Waals surface area contributed by atoms with E-state index < -0.39 is 0 Å². The summed E-state index contributed by atoms with van der Waals surface area (Å²) in [6, 6.07) is 0. The van der Waals surface area contributed by atoms with E-state index in [9.17, 15) is 4.79 Å². The molecule has 0 saturated carbocycles. The molecule has 0 aromatic rings. The zero-order chi connectivity index (χ0) is 7.40. The summed E-state index contributed by atoms with van der Waals surface area (Å²) in [7, 11) is 0. The molecule has 0 unspecified atom stereocenters. The summed E-state index contributed by atoms with van der Waals surface area (Å²) in [4.78, 5) is 10.7. The minimum atomic E-state index is -0.160. The van der Waals surface area contributed by atoms with Gasteiger partial charge in [0.1, 0.15) is 6.29 Å². The number of rotatable bonds is 2. The molecular weight excluding hydrogens is 130 g/mol. The molecule has 56 valence electrons. The second-order valence-electron chi connectivity index (χ2n) is 2.05. The van der Waals surface area contributed by atoms with Crippen LogP contribution < -0.4 is 16.0 Å². The van der Waals surface area contributed by atoms with Crippen molar-refractivity contribution in [3.05, 3.63) is 12.7 Å². The Morgan fingerprint density at radius 3 is 2.70 bits per heavy atom. The normalized spacial score (nSPS) is 18.8. The van der Waals surface area contributed by atoms with Crippen LogP contribution in [0.3, 0.4) is 0 Å². The zero-order valence-corrected chi connectivity index (χ0v) is 5.68. The van der Waals surface area contributed by atoms with Gasteiger partial charge in [-0.3, -0.25) is 15.4 Å². The fraction of sp³-hybridized carbons (Fsp3) is 0.500. The highest BCUT2D eigenvalue weighted by molar-refractivity contribution is 5.87. The maximum Gasteiger partial charge on any atom is 0.245 e. The molecule has 1 aliphatic rings. The van der Waals surface area contributed by atoms with Gasteiger partial charge in [-0.2, -0.15) is 0 Å². The molecular formula is C6H11N3O.